The molecule has 2 aromatic heterocycles. The van der Waals surface area contributed by atoms with Gasteiger partial charge in [-0.2, -0.15) is 0 Å². The summed E-state index contributed by atoms with van der Waals surface area (Å²) in [5.41, 5.74) is 8.23. The van der Waals surface area contributed by atoms with Crippen molar-refractivity contribution in [1.82, 2.24) is 30.4 Å². The van der Waals surface area contributed by atoms with Gasteiger partial charge in [0, 0.05) is 61.7 Å². The lowest BCUT2D eigenvalue weighted by Gasteiger charge is -2.31. The van der Waals surface area contributed by atoms with Gasteiger partial charge < -0.3 is 19.9 Å². The number of likely N-dealkylation sites (tertiary alicyclic amines) is 1. The number of rotatable bonds is 12. The molecule has 2 unspecified atom stereocenters. The summed E-state index contributed by atoms with van der Waals surface area (Å²) in [6, 6.07) is 17.0. The molecule has 0 saturated carbocycles. The maximum atomic E-state index is 13.5. The molecule has 2 amide bonds. The number of hydrogen-bond acceptors (Lipinski definition) is 6. The van der Waals surface area contributed by atoms with Crippen LogP contribution < -0.4 is 10.6 Å². The number of pyridine rings is 1. The summed E-state index contributed by atoms with van der Waals surface area (Å²) >= 11 is 5.50. The van der Waals surface area contributed by atoms with Gasteiger partial charge in [-0.1, -0.05) is 23.3 Å². The number of likely N-dealkylation sites (N-methyl/N-ethyl adjacent to an activating group) is 1. The minimum Gasteiger partial charge on any atom is -0.445 e. The SMILES string of the molecule is CCN(CC)C(=O)C(C)(C)c1ccc2[nH]c(-c3cc(C)cc(C)c3)c(CCNC(=S)NC(=O)OC(C)CN3CCC(c4ccncc4)C3)c2c1. The number of fused-ring (bicyclic) bond motifs is 1. The van der Waals surface area contributed by atoms with Crippen molar-refractivity contribution in [3.63, 3.8) is 0 Å². The van der Waals surface area contributed by atoms with Gasteiger partial charge in [-0.3, -0.25) is 20.0 Å². The Kier molecular flexibility index (Phi) is 12.0. The molecule has 1 fully saturated rings. The fourth-order valence-corrected chi connectivity index (χ4v) is 7.43. The number of nitrogens with zero attached hydrogens (tertiary/aromatic N) is 3. The number of carbonyl (C=O) groups excluding carboxylic acids is 2. The van der Waals surface area contributed by atoms with Gasteiger partial charge in [-0.25, -0.2) is 4.79 Å². The highest BCUT2D eigenvalue weighted by molar-refractivity contribution is 7.80. The first-order chi connectivity index (χ1) is 23.9. The van der Waals surface area contributed by atoms with Crippen LogP contribution in [0, 0.1) is 13.8 Å². The van der Waals surface area contributed by atoms with E-state index in [2.05, 4.69) is 87.9 Å². The van der Waals surface area contributed by atoms with E-state index in [1.54, 1.807) is 0 Å². The predicted octanol–water partition coefficient (Wildman–Crippen LogP) is 7.01. The van der Waals surface area contributed by atoms with E-state index in [0.717, 1.165) is 52.8 Å². The van der Waals surface area contributed by atoms with E-state index < -0.39 is 11.5 Å². The molecule has 0 radical (unpaired) electrons. The molecule has 1 aliphatic rings. The summed E-state index contributed by atoms with van der Waals surface area (Å²) < 4.78 is 5.67. The summed E-state index contributed by atoms with van der Waals surface area (Å²) in [5, 5.41) is 7.20. The molecule has 10 heteroatoms. The molecular formula is C40H52N6O3S. The first-order valence-corrected chi connectivity index (χ1v) is 18.2. The molecule has 50 heavy (non-hydrogen) atoms. The zero-order valence-electron chi connectivity index (χ0n) is 30.6. The van der Waals surface area contributed by atoms with Gasteiger partial charge in [0.25, 0.3) is 0 Å². The van der Waals surface area contributed by atoms with Gasteiger partial charge in [0.05, 0.1) is 5.41 Å². The third-order valence-electron chi connectivity index (χ3n) is 9.87. The number of ether oxygens (including phenoxy) is 1. The third-order valence-corrected chi connectivity index (χ3v) is 10.1. The molecule has 1 aliphatic heterocycles. The molecule has 0 spiro atoms. The highest BCUT2D eigenvalue weighted by Crippen LogP contribution is 2.35. The van der Waals surface area contributed by atoms with Gasteiger partial charge in [0.1, 0.15) is 6.10 Å². The second kappa shape index (κ2) is 16.2. The topological polar surface area (TPSA) is 103 Å². The fraction of sp³-hybridized carbons (Fsp3) is 0.450. The molecule has 1 saturated heterocycles. The Bertz CT molecular complexity index is 1800. The van der Waals surface area contributed by atoms with Crippen molar-refractivity contribution in [2.24, 2.45) is 0 Å². The summed E-state index contributed by atoms with van der Waals surface area (Å²) in [7, 11) is 0. The van der Waals surface area contributed by atoms with Crippen LogP contribution in [0.5, 0.6) is 0 Å². The standard InChI is InChI=1S/C40H52N6O3S/c1-8-46(9-2)37(47)40(6,7)32-10-11-35-34(23-32)33(36(43-35)31-21-26(3)20-27(4)22-31)14-18-42-38(50)44-39(48)49-28(5)24-45-19-15-30(25-45)29-12-16-41-17-13-29/h10-13,16-17,20-23,28,30,43H,8-9,14-15,18-19,24-25H2,1-7H3,(H2,42,44,48,50). The number of alkyl carbamates (subject to hydrolysis) is 1. The number of aromatic amines is 1. The second-order valence-corrected chi connectivity index (χ2v) is 14.5. The Morgan fingerprint density at radius 1 is 1.08 bits per heavy atom. The average molecular weight is 697 g/mol. The molecular weight excluding hydrogens is 645 g/mol. The average Bonchev–Trinajstić information content (AvgIpc) is 3.69. The zero-order chi connectivity index (χ0) is 36.0. The molecule has 3 N–H and O–H groups in total. The first-order valence-electron chi connectivity index (χ1n) is 17.8. The van der Waals surface area contributed by atoms with Crippen LogP contribution in [0.25, 0.3) is 22.2 Å². The smallest absolute Gasteiger partial charge is 0.413 e. The van der Waals surface area contributed by atoms with Gasteiger partial charge in [-0.05, 0) is 145 Å². The lowest BCUT2D eigenvalue weighted by Crippen LogP contribution is -2.43. The van der Waals surface area contributed by atoms with Gasteiger partial charge in [0.2, 0.25) is 5.91 Å². The van der Waals surface area contributed by atoms with Crippen molar-refractivity contribution in [2.45, 2.75) is 78.7 Å². The quantitative estimate of drug-likeness (QED) is 0.137. The molecule has 3 heterocycles. The Morgan fingerprint density at radius 3 is 2.46 bits per heavy atom. The Hall–Kier alpha value is -4.28. The van der Waals surface area contributed by atoms with E-state index in [1.807, 2.05) is 51.9 Å². The number of hydrogen-bond donors (Lipinski definition) is 3. The number of nitrogens with one attached hydrogen (secondary N) is 3. The van der Waals surface area contributed by atoms with Crippen LogP contribution >= 0.6 is 12.2 Å². The van der Waals surface area contributed by atoms with Crippen LogP contribution in [0.4, 0.5) is 4.79 Å². The van der Waals surface area contributed by atoms with Crippen LogP contribution in [0.15, 0.2) is 60.9 Å². The van der Waals surface area contributed by atoms with E-state index in [4.69, 9.17) is 17.0 Å². The first kappa shape index (κ1) is 37.0. The molecule has 266 valence electrons. The molecule has 0 aliphatic carbocycles. The predicted molar refractivity (Wildman–Crippen MR) is 206 cm³/mol. The third kappa shape index (κ3) is 8.71. The monoisotopic (exact) mass is 696 g/mol. The van der Waals surface area contributed by atoms with Crippen molar-refractivity contribution in [3.8, 4) is 11.3 Å². The molecule has 2 aromatic carbocycles. The minimum absolute atomic E-state index is 0.113. The van der Waals surface area contributed by atoms with E-state index >= 15 is 0 Å². The maximum absolute atomic E-state index is 13.5. The number of carbonyl (C=O) groups is 2. The molecule has 4 aromatic rings. The normalized spacial score (nSPS) is 15.5. The number of aryl methyl sites for hydroxylation is 2. The van der Waals surface area contributed by atoms with Crippen molar-refractivity contribution in [3.05, 3.63) is 88.7 Å². The van der Waals surface area contributed by atoms with Crippen LogP contribution in [0.2, 0.25) is 0 Å². The Balaban J connectivity index is 1.24. The van der Waals surface area contributed by atoms with E-state index in [-0.39, 0.29) is 17.1 Å². The number of amides is 2. The highest BCUT2D eigenvalue weighted by Gasteiger charge is 2.33. The zero-order valence-corrected chi connectivity index (χ0v) is 31.4. The summed E-state index contributed by atoms with van der Waals surface area (Å²) in [6.45, 7) is 18.6. The van der Waals surface area contributed by atoms with Gasteiger partial charge in [-0.15, -0.1) is 0 Å². The number of H-pyrrole nitrogens is 1. The van der Waals surface area contributed by atoms with Crippen LogP contribution in [0.1, 0.15) is 74.8 Å². The van der Waals surface area contributed by atoms with Crippen molar-refractivity contribution in [2.75, 3.05) is 39.3 Å². The van der Waals surface area contributed by atoms with Crippen molar-refractivity contribution in [1.29, 1.82) is 0 Å². The second-order valence-electron chi connectivity index (χ2n) is 14.1. The van der Waals surface area contributed by atoms with E-state index in [0.29, 0.717) is 38.5 Å². The fourth-order valence-electron chi connectivity index (χ4n) is 7.25. The molecule has 5 rings (SSSR count). The largest absolute Gasteiger partial charge is 0.445 e. The lowest BCUT2D eigenvalue weighted by atomic mass is 9.82. The van der Waals surface area contributed by atoms with Crippen LogP contribution in [-0.2, 0) is 21.4 Å². The van der Waals surface area contributed by atoms with Crippen molar-refractivity contribution >= 4 is 40.2 Å². The summed E-state index contributed by atoms with van der Waals surface area (Å²) in [4.78, 5) is 38.3. The maximum Gasteiger partial charge on any atom is 0.413 e. The van der Waals surface area contributed by atoms with Crippen molar-refractivity contribution < 1.29 is 14.3 Å². The Labute approximate surface area is 302 Å². The van der Waals surface area contributed by atoms with E-state index in [1.165, 1.54) is 16.7 Å². The van der Waals surface area contributed by atoms with Gasteiger partial charge >= 0.3 is 6.09 Å². The number of aromatic nitrogens is 2. The molecule has 9 nitrogen and oxygen atoms in total. The Morgan fingerprint density at radius 2 is 1.78 bits per heavy atom. The summed E-state index contributed by atoms with van der Waals surface area (Å²) in [5.74, 6) is 0.582. The highest BCUT2D eigenvalue weighted by atomic mass is 32.1. The number of thiocarbonyl (C=S) groups is 1. The molecule has 2 atom stereocenters. The van der Waals surface area contributed by atoms with E-state index in [9.17, 15) is 9.59 Å². The number of benzene rings is 2. The van der Waals surface area contributed by atoms with Crippen LogP contribution in [-0.4, -0.2) is 82.3 Å². The lowest BCUT2D eigenvalue weighted by molar-refractivity contribution is -0.135. The van der Waals surface area contributed by atoms with Gasteiger partial charge in [0.15, 0.2) is 5.11 Å². The minimum atomic E-state index is -0.688. The van der Waals surface area contributed by atoms with Crippen LogP contribution in [0.3, 0.4) is 0 Å². The molecule has 0 bridgehead atoms. The summed E-state index contributed by atoms with van der Waals surface area (Å²) in [6.07, 6.45) is 4.54.